The molecule has 98 valence electrons. The molecule has 0 aliphatic rings. The molecule has 1 aromatic rings. The summed E-state index contributed by atoms with van der Waals surface area (Å²) in [7, 11) is 0. The minimum Gasteiger partial charge on any atom is -0.467 e. The van der Waals surface area contributed by atoms with Crippen LogP contribution in [0.4, 0.5) is 0 Å². The summed E-state index contributed by atoms with van der Waals surface area (Å²) in [6.07, 6.45) is 2.88. The fourth-order valence-electron chi connectivity index (χ4n) is 2.82. The van der Waals surface area contributed by atoms with E-state index < -0.39 is 6.10 Å². The molecule has 0 radical (unpaired) electrons. The highest BCUT2D eigenvalue weighted by Crippen LogP contribution is 2.37. The molecule has 1 heterocycles. The zero-order valence-corrected chi connectivity index (χ0v) is 11.4. The van der Waals surface area contributed by atoms with Gasteiger partial charge in [-0.1, -0.05) is 27.7 Å². The first-order chi connectivity index (χ1) is 8.16. The second kappa shape index (κ2) is 6.22. The number of furan rings is 1. The zero-order chi connectivity index (χ0) is 12.9. The van der Waals surface area contributed by atoms with E-state index in [0.29, 0.717) is 5.76 Å². The molecule has 0 amide bonds. The van der Waals surface area contributed by atoms with Crippen molar-refractivity contribution in [2.24, 2.45) is 0 Å². The van der Waals surface area contributed by atoms with Crippen molar-refractivity contribution < 1.29 is 9.52 Å². The van der Waals surface area contributed by atoms with Crippen LogP contribution < -0.4 is 0 Å². The fraction of sp³-hybridized carbons (Fsp3) is 0.714. The molecule has 17 heavy (non-hydrogen) atoms. The Morgan fingerprint density at radius 1 is 1.24 bits per heavy atom. The van der Waals surface area contributed by atoms with Crippen molar-refractivity contribution in [3.05, 3.63) is 24.2 Å². The number of nitrogens with zero attached hydrogens (tertiary/aromatic N) is 1. The van der Waals surface area contributed by atoms with Gasteiger partial charge in [-0.2, -0.15) is 0 Å². The minimum absolute atomic E-state index is 0.221. The van der Waals surface area contributed by atoms with Gasteiger partial charge in [-0.25, -0.2) is 0 Å². The van der Waals surface area contributed by atoms with Gasteiger partial charge in [0, 0.05) is 0 Å². The lowest BCUT2D eigenvalue weighted by Gasteiger charge is -2.45. The molecule has 0 saturated carbocycles. The topological polar surface area (TPSA) is 36.6 Å². The Hall–Kier alpha value is -0.800. The van der Waals surface area contributed by atoms with Crippen LogP contribution in [0.3, 0.4) is 0 Å². The average Bonchev–Trinajstić information content (AvgIpc) is 2.89. The monoisotopic (exact) mass is 239 g/mol. The van der Waals surface area contributed by atoms with E-state index in [-0.39, 0.29) is 5.54 Å². The highest BCUT2D eigenvalue weighted by molar-refractivity contribution is 5.10. The third-order valence-electron chi connectivity index (χ3n) is 3.94. The molecule has 0 aromatic carbocycles. The molecule has 1 unspecified atom stereocenters. The first-order valence-electron chi connectivity index (χ1n) is 6.62. The zero-order valence-electron chi connectivity index (χ0n) is 11.4. The van der Waals surface area contributed by atoms with Gasteiger partial charge in [0.25, 0.3) is 0 Å². The Balaban J connectivity index is 3.05. The molecular weight excluding hydrogens is 214 g/mol. The van der Waals surface area contributed by atoms with Crippen molar-refractivity contribution in [3.63, 3.8) is 0 Å². The quantitative estimate of drug-likeness (QED) is 0.793. The Labute approximate surface area is 104 Å². The van der Waals surface area contributed by atoms with Gasteiger partial charge in [-0.15, -0.1) is 0 Å². The van der Waals surface area contributed by atoms with Crippen LogP contribution in [-0.2, 0) is 0 Å². The molecule has 0 saturated heterocycles. The molecule has 1 aromatic heterocycles. The summed E-state index contributed by atoms with van der Waals surface area (Å²) in [6.45, 7) is 10.4. The predicted molar refractivity (Wildman–Crippen MR) is 69.9 cm³/mol. The van der Waals surface area contributed by atoms with E-state index in [4.69, 9.17) is 4.42 Å². The van der Waals surface area contributed by atoms with Crippen LogP contribution in [0.1, 0.15) is 52.4 Å². The summed E-state index contributed by atoms with van der Waals surface area (Å²) in [5.74, 6) is 0.667. The SMILES string of the molecule is CCN(CC)C(CC)(CC)C(O)c1ccco1. The molecule has 0 aliphatic carbocycles. The van der Waals surface area contributed by atoms with E-state index >= 15 is 0 Å². The molecule has 0 spiro atoms. The van der Waals surface area contributed by atoms with E-state index in [1.54, 1.807) is 6.26 Å². The van der Waals surface area contributed by atoms with Gasteiger partial charge in [0.15, 0.2) is 0 Å². The van der Waals surface area contributed by atoms with Crippen molar-refractivity contribution in [2.75, 3.05) is 13.1 Å². The second-order valence-corrected chi connectivity index (χ2v) is 4.40. The number of hydrogen-bond donors (Lipinski definition) is 1. The van der Waals surface area contributed by atoms with Crippen molar-refractivity contribution >= 4 is 0 Å². The van der Waals surface area contributed by atoms with Gasteiger partial charge >= 0.3 is 0 Å². The lowest BCUT2D eigenvalue weighted by atomic mass is 9.83. The summed E-state index contributed by atoms with van der Waals surface area (Å²) in [5, 5.41) is 10.6. The third-order valence-corrected chi connectivity index (χ3v) is 3.94. The molecule has 1 atom stereocenters. The Bertz CT molecular complexity index is 300. The first-order valence-corrected chi connectivity index (χ1v) is 6.62. The standard InChI is InChI=1S/C14H25NO2/c1-5-14(6-2,15(7-3)8-4)13(16)12-10-9-11-17-12/h9-11,13,16H,5-8H2,1-4H3. The molecular formula is C14H25NO2. The van der Waals surface area contributed by atoms with E-state index in [2.05, 4.69) is 32.6 Å². The number of rotatable bonds is 7. The van der Waals surface area contributed by atoms with Crippen LogP contribution >= 0.6 is 0 Å². The van der Waals surface area contributed by atoms with Gasteiger partial charge in [-0.3, -0.25) is 4.90 Å². The van der Waals surface area contributed by atoms with E-state index in [0.717, 1.165) is 25.9 Å². The van der Waals surface area contributed by atoms with Crippen molar-refractivity contribution in [1.29, 1.82) is 0 Å². The minimum atomic E-state index is -0.563. The number of aliphatic hydroxyl groups is 1. The predicted octanol–water partition coefficient (Wildman–Crippen LogP) is 3.21. The van der Waals surface area contributed by atoms with Crippen LogP contribution in [0.15, 0.2) is 22.8 Å². The Kier molecular flexibility index (Phi) is 5.22. The molecule has 1 rings (SSSR count). The van der Waals surface area contributed by atoms with E-state index in [9.17, 15) is 5.11 Å². The molecule has 0 bridgehead atoms. The number of aliphatic hydroxyl groups excluding tert-OH is 1. The fourth-order valence-corrected chi connectivity index (χ4v) is 2.82. The molecule has 3 heteroatoms. The van der Waals surface area contributed by atoms with Crippen LogP contribution in [0, 0.1) is 0 Å². The van der Waals surface area contributed by atoms with Gasteiger partial charge in [-0.05, 0) is 38.1 Å². The highest BCUT2D eigenvalue weighted by atomic mass is 16.4. The van der Waals surface area contributed by atoms with Gasteiger partial charge in [0.05, 0.1) is 11.8 Å². The molecule has 0 aliphatic heterocycles. The van der Waals surface area contributed by atoms with Crippen LogP contribution in [0.2, 0.25) is 0 Å². The van der Waals surface area contributed by atoms with E-state index in [1.165, 1.54) is 0 Å². The summed E-state index contributed by atoms with van der Waals surface area (Å²) >= 11 is 0. The second-order valence-electron chi connectivity index (χ2n) is 4.40. The Morgan fingerprint density at radius 2 is 1.82 bits per heavy atom. The summed E-state index contributed by atoms with van der Waals surface area (Å²) < 4.78 is 5.37. The van der Waals surface area contributed by atoms with Crippen LogP contribution in [-0.4, -0.2) is 28.6 Å². The first kappa shape index (κ1) is 14.3. The summed E-state index contributed by atoms with van der Waals surface area (Å²) in [4.78, 5) is 2.33. The molecule has 1 N–H and O–H groups in total. The maximum absolute atomic E-state index is 10.6. The van der Waals surface area contributed by atoms with Crippen molar-refractivity contribution in [1.82, 2.24) is 4.90 Å². The Morgan fingerprint density at radius 3 is 2.18 bits per heavy atom. The molecule has 3 nitrogen and oxygen atoms in total. The van der Waals surface area contributed by atoms with Gasteiger partial charge in [0.2, 0.25) is 0 Å². The number of likely N-dealkylation sites (N-methyl/N-ethyl adjacent to an activating group) is 1. The largest absolute Gasteiger partial charge is 0.467 e. The highest BCUT2D eigenvalue weighted by Gasteiger charge is 2.41. The number of hydrogen-bond acceptors (Lipinski definition) is 3. The van der Waals surface area contributed by atoms with Crippen molar-refractivity contribution in [2.45, 2.75) is 52.2 Å². The maximum Gasteiger partial charge on any atom is 0.134 e. The molecule has 0 fully saturated rings. The smallest absolute Gasteiger partial charge is 0.134 e. The van der Waals surface area contributed by atoms with Gasteiger partial charge < -0.3 is 9.52 Å². The van der Waals surface area contributed by atoms with E-state index in [1.807, 2.05) is 12.1 Å². The van der Waals surface area contributed by atoms with Crippen LogP contribution in [0.25, 0.3) is 0 Å². The van der Waals surface area contributed by atoms with Gasteiger partial charge in [0.1, 0.15) is 11.9 Å². The lowest BCUT2D eigenvalue weighted by molar-refractivity contribution is -0.0466. The summed E-state index contributed by atoms with van der Waals surface area (Å²) in [5.41, 5.74) is -0.221. The maximum atomic E-state index is 10.6. The lowest BCUT2D eigenvalue weighted by Crippen LogP contribution is -2.52. The summed E-state index contributed by atoms with van der Waals surface area (Å²) in [6, 6.07) is 3.69. The van der Waals surface area contributed by atoms with Crippen LogP contribution in [0.5, 0.6) is 0 Å². The average molecular weight is 239 g/mol. The third kappa shape index (κ3) is 2.55. The normalized spacial score (nSPS) is 14.2. The van der Waals surface area contributed by atoms with Crippen molar-refractivity contribution in [3.8, 4) is 0 Å².